The highest BCUT2D eigenvalue weighted by Gasteiger charge is 2.21. The second kappa shape index (κ2) is 7.96. The third-order valence-electron chi connectivity index (χ3n) is 3.64. The molecule has 8 nitrogen and oxygen atoms in total. The molecule has 0 saturated heterocycles. The molecule has 2 aromatic carbocycles. The number of nitrogens with one attached hydrogen (secondary N) is 1. The van der Waals surface area contributed by atoms with Gasteiger partial charge < -0.3 is 14.8 Å². The number of H-pyrrole nitrogens is 1. The molecular formula is C19H15N3O5. The molecule has 3 aromatic rings. The van der Waals surface area contributed by atoms with Crippen LogP contribution < -0.4 is 10.3 Å². The van der Waals surface area contributed by atoms with Crippen molar-refractivity contribution in [1.82, 2.24) is 9.97 Å². The molecule has 3 rings (SSSR count). The topological polar surface area (TPSA) is 118 Å². The maximum Gasteiger partial charge on any atom is 0.395 e. The average Bonchev–Trinajstić information content (AvgIpc) is 2.65. The van der Waals surface area contributed by atoms with Gasteiger partial charge in [0.25, 0.3) is 5.88 Å². The summed E-state index contributed by atoms with van der Waals surface area (Å²) in [6.45, 7) is 0.462. The van der Waals surface area contributed by atoms with Crippen LogP contribution in [0.3, 0.4) is 0 Å². The van der Waals surface area contributed by atoms with Crippen LogP contribution in [0.4, 0.5) is 5.69 Å². The van der Waals surface area contributed by atoms with Gasteiger partial charge in [-0.15, -0.1) is 0 Å². The molecule has 136 valence electrons. The molecule has 0 aliphatic carbocycles. The molecule has 1 aromatic heterocycles. The molecule has 0 fully saturated rings. The monoisotopic (exact) mass is 365 g/mol. The van der Waals surface area contributed by atoms with E-state index in [1.165, 1.54) is 6.08 Å². The first kappa shape index (κ1) is 17.9. The van der Waals surface area contributed by atoms with E-state index in [2.05, 4.69) is 9.97 Å². The summed E-state index contributed by atoms with van der Waals surface area (Å²) in [7, 11) is 0. The van der Waals surface area contributed by atoms with Crippen molar-refractivity contribution in [1.29, 1.82) is 0 Å². The summed E-state index contributed by atoms with van der Waals surface area (Å²) in [5.41, 5.74) is -0.138. The Kier molecular flexibility index (Phi) is 5.27. The molecule has 0 aliphatic rings. The van der Waals surface area contributed by atoms with E-state index in [-0.39, 0.29) is 5.82 Å². The van der Waals surface area contributed by atoms with Gasteiger partial charge in [-0.25, -0.2) is 0 Å². The van der Waals surface area contributed by atoms with Gasteiger partial charge in [0.2, 0.25) is 0 Å². The summed E-state index contributed by atoms with van der Waals surface area (Å²) in [6.07, 6.45) is 3.08. The fraction of sp³-hybridized carbons (Fsp3) is 0.0526. The van der Waals surface area contributed by atoms with Crippen LogP contribution in [0.5, 0.6) is 11.6 Å². The maximum absolute atomic E-state index is 11.6. The molecule has 8 heteroatoms. The molecule has 27 heavy (non-hydrogen) atoms. The second-order valence-electron chi connectivity index (χ2n) is 5.56. The molecule has 0 atom stereocenters. The van der Waals surface area contributed by atoms with Crippen LogP contribution in [0.1, 0.15) is 17.0 Å². The van der Waals surface area contributed by atoms with Gasteiger partial charge in [0, 0.05) is 0 Å². The van der Waals surface area contributed by atoms with Crippen LogP contribution in [0.25, 0.3) is 12.2 Å². The van der Waals surface area contributed by atoms with Gasteiger partial charge in [0.05, 0.1) is 4.92 Å². The Balaban J connectivity index is 1.67. The van der Waals surface area contributed by atoms with Crippen LogP contribution in [0, 0.1) is 10.1 Å². The van der Waals surface area contributed by atoms with Gasteiger partial charge in [-0.3, -0.25) is 14.9 Å². The van der Waals surface area contributed by atoms with Crippen LogP contribution >= 0.6 is 0 Å². The second-order valence-corrected chi connectivity index (χ2v) is 5.56. The van der Waals surface area contributed by atoms with Crippen molar-refractivity contribution >= 4 is 17.8 Å². The number of aromatic nitrogens is 2. The molecule has 0 radical (unpaired) electrons. The summed E-state index contributed by atoms with van der Waals surface area (Å²) in [5.74, 6) is -0.212. The first-order valence-electron chi connectivity index (χ1n) is 7.95. The van der Waals surface area contributed by atoms with Gasteiger partial charge in [-0.05, 0) is 29.3 Å². The maximum atomic E-state index is 11.6. The Bertz CT molecular complexity index is 1030. The summed E-state index contributed by atoms with van der Waals surface area (Å²) in [5, 5.41) is 20.2. The zero-order valence-corrected chi connectivity index (χ0v) is 14.0. The normalized spacial score (nSPS) is 10.8. The zero-order valence-electron chi connectivity index (χ0n) is 14.0. The largest absolute Gasteiger partial charge is 0.489 e. The van der Waals surface area contributed by atoms with Gasteiger partial charge in [-0.2, -0.15) is 4.98 Å². The fourth-order valence-electron chi connectivity index (χ4n) is 2.31. The zero-order chi connectivity index (χ0) is 19.2. The van der Waals surface area contributed by atoms with Gasteiger partial charge >= 0.3 is 11.2 Å². The quantitative estimate of drug-likeness (QED) is 0.512. The Morgan fingerprint density at radius 2 is 1.81 bits per heavy atom. The summed E-state index contributed by atoms with van der Waals surface area (Å²) < 4.78 is 5.70. The number of ether oxygens (including phenoxy) is 1. The molecule has 0 spiro atoms. The molecule has 2 N–H and O–H groups in total. The molecule has 0 unspecified atom stereocenters. The van der Waals surface area contributed by atoms with E-state index < -0.39 is 22.0 Å². The van der Waals surface area contributed by atoms with Crippen molar-refractivity contribution in [3.05, 3.63) is 92.0 Å². The molecule has 0 saturated carbocycles. The van der Waals surface area contributed by atoms with E-state index in [0.717, 1.165) is 11.1 Å². The van der Waals surface area contributed by atoms with E-state index in [1.54, 1.807) is 30.3 Å². The highest BCUT2D eigenvalue weighted by Crippen LogP contribution is 2.18. The number of benzene rings is 2. The predicted molar refractivity (Wildman–Crippen MR) is 99.3 cm³/mol. The number of aromatic hydroxyl groups is 1. The highest BCUT2D eigenvalue weighted by atomic mass is 16.6. The minimum atomic E-state index is -1.02. The van der Waals surface area contributed by atoms with Crippen molar-refractivity contribution in [2.75, 3.05) is 0 Å². The fourth-order valence-corrected chi connectivity index (χ4v) is 2.31. The van der Waals surface area contributed by atoms with E-state index >= 15 is 0 Å². The SMILES string of the molecule is O=c1[nH]c(/C=C/c2ccc(OCc3ccccc3)cc2)nc(O)c1[N+](=O)[O-]. The highest BCUT2D eigenvalue weighted by molar-refractivity contribution is 5.67. The van der Waals surface area contributed by atoms with E-state index in [4.69, 9.17) is 4.74 Å². The minimum Gasteiger partial charge on any atom is -0.489 e. The molecular weight excluding hydrogens is 350 g/mol. The minimum absolute atomic E-state index is 0.00695. The number of nitro groups is 1. The van der Waals surface area contributed by atoms with Gasteiger partial charge in [-0.1, -0.05) is 48.5 Å². The summed E-state index contributed by atoms with van der Waals surface area (Å²) in [6, 6.07) is 17.0. The van der Waals surface area contributed by atoms with E-state index in [1.807, 2.05) is 30.3 Å². The van der Waals surface area contributed by atoms with E-state index in [0.29, 0.717) is 12.4 Å². The first-order valence-corrected chi connectivity index (χ1v) is 7.95. The smallest absolute Gasteiger partial charge is 0.395 e. The van der Waals surface area contributed by atoms with Crippen LogP contribution in [0.15, 0.2) is 59.4 Å². The van der Waals surface area contributed by atoms with Crippen molar-refractivity contribution in [3.63, 3.8) is 0 Å². The summed E-state index contributed by atoms with van der Waals surface area (Å²) >= 11 is 0. The Morgan fingerprint density at radius 3 is 2.44 bits per heavy atom. The average molecular weight is 365 g/mol. The summed E-state index contributed by atoms with van der Waals surface area (Å²) in [4.78, 5) is 27.1. The number of hydrogen-bond donors (Lipinski definition) is 2. The van der Waals surface area contributed by atoms with E-state index in [9.17, 15) is 20.0 Å². The molecule has 0 aliphatic heterocycles. The molecule has 1 heterocycles. The van der Waals surface area contributed by atoms with Crippen LogP contribution in [-0.4, -0.2) is 20.0 Å². The Labute approximate surface area is 153 Å². The standard InChI is InChI=1S/C19H15N3O5/c23-18-17(22(25)26)19(24)21-16(20-18)11-8-13-6-9-15(10-7-13)27-12-14-4-2-1-3-5-14/h1-11H,12H2,(H2,20,21,23,24)/b11-8+. The van der Waals surface area contributed by atoms with Crippen molar-refractivity contribution in [2.45, 2.75) is 6.61 Å². The van der Waals surface area contributed by atoms with Gasteiger partial charge in [0.1, 0.15) is 18.2 Å². The number of hydrogen-bond acceptors (Lipinski definition) is 6. The van der Waals surface area contributed by atoms with Crippen LogP contribution in [-0.2, 0) is 6.61 Å². The molecule has 0 bridgehead atoms. The van der Waals surface area contributed by atoms with Gasteiger partial charge in [0.15, 0.2) is 0 Å². The Hall–Kier alpha value is -3.94. The van der Waals surface area contributed by atoms with Crippen LogP contribution in [0.2, 0.25) is 0 Å². The number of rotatable bonds is 6. The van der Waals surface area contributed by atoms with Crippen molar-refractivity contribution < 1.29 is 14.8 Å². The number of aromatic amines is 1. The lowest BCUT2D eigenvalue weighted by Gasteiger charge is -2.06. The third kappa shape index (κ3) is 4.57. The number of nitrogens with zero attached hydrogens (tertiary/aromatic N) is 2. The lowest BCUT2D eigenvalue weighted by molar-refractivity contribution is -0.387. The Morgan fingerprint density at radius 1 is 1.11 bits per heavy atom. The predicted octanol–water partition coefficient (Wildman–Crippen LogP) is 3.13. The lowest BCUT2D eigenvalue weighted by atomic mass is 10.2. The van der Waals surface area contributed by atoms with Crippen molar-refractivity contribution in [2.24, 2.45) is 0 Å². The lowest BCUT2D eigenvalue weighted by Crippen LogP contribution is -2.14. The van der Waals surface area contributed by atoms with Crippen molar-refractivity contribution in [3.8, 4) is 11.6 Å². The third-order valence-corrected chi connectivity index (χ3v) is 3.64. The first-order chi connectivity index (χ1) is 13.0. The molecule has 0 amide bonds.